The summed E-state index contributed by atoms with van der Waals surface area (Å²) < 4.78 is 15.7. The Morgan fingerprint density at radius 3 is 2.50 bits per heavy atom. The Kier molecular flexibility index (Phi) is 7.54. The van der Waals surface area contributed by atoms with Gasteiger partial charge in [-0.25, -0.2) is 9.98 Å². The molecule has 2 N–H and O–H groups in total. The van der Waals surface area contributed by atoms with Crippen molar-refractivity contribution in [1.29, 1.82) is 0 Å². The molecule has 0 fully saturated rings. The molecule has 0 unspecified atom stereocenters. The molecule has 1 aromatic carbocycles. The van der Waals surface area contributed by atoms with E-state index < -0.39 is 0 Å². The van der Waals surface area contributed by atoms with E-state index in [1.807, 2.05) is 37.3 Å². The molecule has 2 rings (SSSR count). The molecule has 0 saturated carbocycles. The van der Waals surface area contributed by atoms with Crippen molar-refractivity contribution in [3.8, 4) is 17.4 Å². The van der Waals surface area contributed by atoms with Gasteiger partial charge in [0, 0.05) is 37.0 Å². The Balaban J connectivity index is 2.02. The zero-order valence-corrected chi connectivity index (χ0v) is 15.7. The largest absolute Gasteiger partial charge is 0.497 e. The van der Waals surface area contributed by atoms with Crippen LogP contribution in [0.3, 0.4) is 0 Å². The molecule has 0 aliphatic rings. The zero-order chi connectivity index (χ0) is 18.8. The highest BCUT2D eigenvalue weighted by Crippen LogP contribution is 2.24. The summed E-state index contributed by atoms with van der Waals surface area (Å²) in [6, 6.07) is 9.52. The number of hydrogen-bond donors (Lipinski definition) is 2. The minimum Gasteiger partial charge on any atom is -0.497 e. The Morgan fingerprint density at radius 2 is 1.88 bits per heavy atom. The maximum atomic E-state index is 5.43. The lowest BCUT2D eigenvalue weighted by atomic mass is 10.2. The molecule has 26 heavy (non-hydrogen) atoms. The molecule has 7 nitrogen and oxygen atoms in total. The van der Waals surface area contributed by atoms with Crippen LogP contribution in [0, 0.1) is 0 Å². The minimum atomic E-state index is 0.520. The Labute approximate surface area is 154 Å². The van der Waals surface area contributed by atoms with Gasteiger partial charge in [0.2, 0.25) is 5.88 Å². The van der Waals surface area contributed by atoms with E-state index in [2.05, 4.69) is 20.6 Å². The number of aromatic nitrogens is 1. The highest BCUT2D eigenvalue weighted by Gasteiger charge is 2.06. The second-order valence-corrected chi connectivity index (χ2v) is 5.44. The molecular formula is C19H26N4O3. The summed E-state index contributed by atoms with van der Waals surface area (Å²) in [5, 5.41) is 6.55. The molecule has 0 aliphatic heterocycles. The van der Waals surface area contributed by atoms with Crippen LogP contribution in [-0.2, 0) is 13.1 Å². The number of nitrogens with one attached hydrogen (secondary N) is 2. The number of ether oxygens (including phenoxy) is 3. The molecule has 7 heteroatoms. The van der Waals surface area contributed by atoms with Gasteiger partial charge in [0.25, 0.3) is 0 Å². The second-order valence-electron chi connectivity index (χ2n) is 5.44. The first-order valence-corrected chi connectivity index (χ1v) is 8.42. The normalized spacial score (nSPS) is 11.0. The molecule has 2 aromatic rings. The van der Waals surface area contributed by atoms with Crippen LogP contribution >= 0.6 is 0 Å². The quantitative estimate of drug-likeness (QED) is 0.557. The van der Waals surface area contributed by atoms with Crippen molar-refractivity contribution in [2.75, 3.05) is 27.9 Å². The molecular weight excluding hydrogens is 332 g/mol. The van der Waals surface area contributed by atoms with Crippen LogP contribution in [-0.4, -0.2) is 38.8 Å². The van der Waals surface area contributed by atoms with Crippen LogP contribution in [0.25, 0.3) is 0 Å². The first-order valence-electron chi connectivity index (χ1n) is 8.42. The van der Waals surface area contributed by atoms with E-state index in [-0.39, 0.29) is 0 Å². The van der Waals surface area contributed by atoms with E-state index in [1.54, 1.807) is 27.5 Å². The third-order valence-corrected chi connectivity index (χ3v) is 3.71. The Hall–Kier alpha value is -2.96. The summed E-state index contributed by atoms with van der Waals surface area (Å²) in [4.78, 5) is 8.78. The number of benzene rings is 1. The number of aliphatic imine (C=N–C) groups is 1. The Morgan fingerprint density at radius 1 is 1.04 bits per heavy atom. The molecule has 1 heterocycles. The van der Waals surface area contributed by atoms with Crippen molar-refractivity contribution in [2.45, 2.75) is 20.0 Å². The van der Waals surface area contributed by atoms with Gasteiger partial charge < -0.3 is 24.8 Å². The summed E-state index contributed by atoms with van der Waals surface area (Å²) in [6.45, 7) is 3.90. The minimum absolute atomic E-state index is 0.520. The standard InChI is InChI=1S/C19H26N4O3/c1-5-20-19(22-12-14-6-9-18(26-4)21-11-14)23-13-15-7-8-16(24-2)10-17(15)25-3/h6-11H,5,12-13H2,1-4H3,(H2,20,22,23). The van der Waals surface area contributed by atoms with Crippen LogP contribution in [0.1, 0.15) is 18.1 Å². The first-order chi connectivity index (χ1) is 12.7. The van der Waals surface area contributed by atoms with E-state index in [4.69, 9.17) is 14.2 Å². The van der Waals surface area contributed by atoms with Gasteiger partial charge in [0.15, 0.2) is 5.96 Å². The highest BCUT2D eigenvalue weighted by molar-refractivity contribution is 5.79. The number of methoxy groups -OCH3 is 3. The van der Waals surface area contributed by atoms with Crippen molar-refractivity contribution in [2.24, 2.45) is 4.99 Å². The third kappa shape index (κ3) is 5.54. The highest BCUT2D eigenvalue weighted by atomic mass is 16.5. The van der Waals surface area contributed by atoms with Crippen molar-refractivity contribution in [3.05, 3.63) is 47.7 Å². The molecule has 0 radical (unpaired) electrons. The van der Waals surface area contributed by atoms with Gasteiger partial charge in [-0.3, -0.25) is 0 Å². The smallest absolute Gasteiger partial charge is 0.212 e. The lowest BCUT2D eigenvalue weighted by Crippen LogP contribution is -2.36. The molecule has 0 bridgehead atoms. The molecule has 0 atom stereocenters. The number of nitrogens with zero attached hydrogens (tertiary/aromatic N) is 2. The molecule has 0 spiro atoms. The predicted octanol–water partition coefficient (Wildman–Crippen LogP) is 2.36. The average molecular weight is 358 g/mol. The van der Waals surface area contributed by atoms with Gasteiger partial charge >= 0.3 is 0 Å². The van der Waals surface area contributed by atoms with Crippen LogP contribution in [0.5, 0.6) is 17.4 Å². The van der Waals surface area contributed by atoms with E-state index in [1.165, 1.54) is 0 Å². The topological polar surface area (TPSA) is 77.0 Å². The second kappa shape index (κ2) is 10.1. The summed E-state index contributed by atoms with van der Waals surface area (Å²) in [7, 11) is 4.88. The summed E-state index contributed by atoms with van der Waals surface area (Å²) in [5.74, 6) is 2.85. The van der Waals surface area contributed by atoms with Crippen molar-refractivity contribution in [1.82, 2.24) is 15.6 Å². The van der Waals surface area contributed by atoms with Gasteiger partial charge in [-0.2, -0.15) is 0 Å². The first kappa shape index (κ1) is 19.4. The molecule has 0 amide bonds. The van der Waals surface area contributed by atoms with Crippen LogP contribution in [0.4, 0.5) is 0 Å². The maximum absolute atomic E-state index is 5.43. The van der Waals surface area contributed by atoms with Gasteiger partial charge in [-0.15, -0.1) is 0 Å². The fourth-order valence-electron chi connectivity index (χ4n) is 2.31. The number of guanidine groups is 1. The molecule has 0 aliphatic carbocycles. The predicted molar refractivity (Wildman–Crippen MR) is 102 cm³/mol. The zero-order valence-electron chi connectivity index (χ0n) is 15.7. The molecule has 0 saturated heterocycles. The van der Waals surface area contributed by atoms with Gasteiger partial charge in [0.1, 0.15) is 11.5 Å². The van der Waals surface area contributed by atoms with Gasteiger partial charge in [0.05, 0.1) is 27.9 Å². The average Bonchev–Trinajstić information content (AvgIpc) is 2.70. The SMILES string of the molecule is CCNC(=NCc1ccc(OC)nc1)NCc1ccc(OC)cc1OC. The van der Waals surface area contributed by atoms with Crippen LogP contribution in [0.2, 0.25) is 0 Å². The monoisotopic (exact) mass is 358 g/mol. The lowest BCUT2D eigenvalue weighted by Gasteiger charge is -2.14. The maximum Gasteiger partial charge on any atom is 0.212 e. The van der Waals surface area contributed by atoms with E-state index >= 15 is 0 Å². The molecule has 1 aromatic heterocycles. The van der Waals surface area contributed by atoms with Crippen molar-refractivity contribution in [3.63, 3.8) is 0 Å². The van der Waals surface area contributed by atoms with Crippen LogP contribution in [0.15, 0.2) is 41.5 Å². The number of pyridine rings is 1. The van der Waals surface area contributed by atoms with Gasteiger partial charge in [-0.05, 0) is 24.6 Å². The third-order valence-electron chi connectivity index (χ3n) is 3.71. The van der Waals surface area contributed by atoms with E-state index in [0.717, 1.165) is 35.1 Å². The fraction of sp³-hybridized carbons (Fsp3) is 0.368. The fourth-order valence-corrected chi connectivity index (χ4v) is 2.31. The Bertz CT molecular complexity index is 717. The van der Waals surface area contributed by atoms with Gasteiger partial charge in [-0.1, -0.05) is 6.07 Å². The number of rotatable bonds is 8. The van der Waals surface area contributed by atoms with E-state index in [0.29, 0.717) is 19.0 Å². The van der Waals surface area contributed by atoms with E-state index in [9.17, 15) is 0 Å². The lowest BCUT2D eigenvalue weighted by molar-refractivity contribution is 0.390. The van der Waals surface area contributed by atoms with Crippen LogP contribution < -0.4 is 24.8 Å². The van der Waals surface area contributed by atoms with Crippen molar-refractivity contribution < 1.29 is 14.2 Å². The summed E-state index contributed by atoms with van der Waals surface area (Å²) in [6.07, 6.45) is 1.76. The molecule has 140 valence electrons. The summed E-state index contributed by atoms with van der Waals surface area (Å²) in [5.41, 5.74) is 2.02. The van der Waals surface area contributed by atoms with Crippen molar-refractivity contribution >= 4 is 5.96 Å². The summed E-state index contributed by atoms with van der Waals surface area (Å²) >= 11 is 0. The number of hydrogen-bond acceptors (Lipinski definition) is 5.